The molecule has 3 atom stereocenters. The number of esters is 1. The number of unbranched alkanes of at least 4 members (excludes halogenated alkanes) is 11. The molecule has 3 unspecified atom stereocenters. The smallest absolute Gasteiger partial charge is 0.472 e. The lowest BCUT2D eigenvalue weighted by atomic mass is 10.0. The minimum absolute atomic E-state index is 0.108. The van der Waals surface area contributed by atoms with Crippen LogP contribution in [0.15, 0.2) is 0 Å². The molecule has 0 aliphatic carbocycles. The predicted molar refractivity (Wildman–Crippen MR) is 134 cm³/mol. The number of hydrogen-bond acceptors (Lipinski definition) is 8. The van der Waals surface area contributed by atoms with Gasteiger partial charge in [0.2, 0.25) is 5.91 Å². The van der Waals surface area contributed by atoms with E-state index < -0.39 is 57.6 Å². The molecule has 4 N–H and O–H groups in total. The van der Waals surface area contributed by atoms with E-state index >= 15 is 0 Å². The summed E-state index contributed by atoms with van der Waals surface area (Å²) in [7, 11) is -4.70. The summed E-state index contributed by atoms with van der Waals surface area (Å²) >= 11 is 0. The molecule has 0 spiro atoms. The van der Waals surface area contributed by atoms with Crippen LogP contribution < -0.4 is 5.32 Å². The topological polar surface area (TPSA) is 169 Å². The monoisotopic (exact) mass is 539 g/mol. The number of nitrogens with one attached hydrogen (secondary N) is 1. The molecule has 0 aliphatic rings. The van der Waals surface area contributed by atoms with E-state index in [4.69, 9.17) is 0 Å². The molecule has 0 saturated heterocycles. The Balaban J connectivity index is 4.03. The fraction of sp³-hybridized carbons (Fsp3) is 0.875. The lowest BCUT2D eigenvalue weighted by Gasteiger charge is -2.18. The van der Waals surface area contributed by atoms with Gasteiger partial charge in [0.05, 0.1) is 13.2 Å². The molecular weight excluding hydrogens is 493 g/mol. The van der Waals surface area contributed by atoms with E-state index in [9.17, 15) is 34.1 Å². The Labute approximate surface area is 214 Å². The van der Waals surface area contributed by atoms with Crippen LogP contribution in [0.5, 0.6) is 0 Å². The van der Waals surface area contributed by atoms with Crippen LogP contribution in [0.4, 0.5) is 0 Å². The number of phosphoric ester groups is 1. The molecule has 0 radical (unpaired) electrons. The van der Waals surface area contributed by atoms with Crippen molar-refractivity contribution in [2.24, 2.45) is 0 Å². The number of carboxylic acids is 1. The number of aliphatic hydroxyl groups excluding tert-OH is 1. The van der Waals surface area contributed by atoms with Gasteiger partial charge >= 0.3 is 19.8 Å². The van der Waals surface area contributed by atoms with Gasteiger partial charge in [0.25, 0.3) is 0 Å². The summed E-state index contributed by atoms with van der Waals surface area (Å²) in [5, 5.41) is 21.1. The summed E-state index contributed by atoms with van der Waals surface area (Å²) in [6.45, 7) is 1.88. The number of carbonyl (C=O) groups is 3. The summed E-state index contributed by atoms with van der Waals surface area (Å²) in [6, 6.07) is -1.53. The number of ether oxygens (including phenoxy) is 1. The van der Waals surface area contributed by atoms with Crippen LogP contribution >= 0.6 is 7.82 Å². The number of amides is 1. The molecule has 0 aliphatic heterocycles. The average molecular weight is 540 g/mol. The van der Waals surface area contributed by atoms with Crippen molar-refractivity contribution >= 4 is 25.7 Å². The number of aliphatic carboxylic acids is 1. The molecule has 1 amide bonds. The van der Waals surface area contributed by atoms with Gasteiger partial charge in [-0.2, -0.15) is 0 Å². The average Bonchev–Trinajstić information content (AvgIpc) is 2.84. The molecule has 0 saturated carbocycles. The van der Waals surface area contributed by atoms with E-state index in [1.807, 2.05) is 0 Å². The third-order valence-electron chi connectivity index (χ3n) is 5.45. The fourth-order valence-electron chi connectivity index (χ4n) is 3.29. The van der Waals surface area contributed by atoms with Crippen LogP contribution in [-0.4, -0.2) is 64.9 Å². The van der Waals surface area contributed by atoms with Crippen molar-refractivity contribution in [2.75, 3.05) is 19.8 Å². The highest BCUT2D eigenvalue weighted by atomic mass is 31.2. The molecule has 12 heteroatoms. The highest BCUT2D eigenvalue weighted by Gasteiger charge is 2.28. The second-order valence-electron chi connectivity index (χ2n) is 8.85. The van der Waals surface area contributed by atoms with Gasteiger partial charge in [-0.25, -0.2) is 9.36 Å². The number of hydrogen-bond donors (Lipinski definition) is 4. The van der Waals surface area contributed by atoms with Crippen molar-refractivity contribution < 1.29 is 47.8 Å². The minimum atomic E-state index is -4.70. The van der Waals surface area contributed by atoms with Crippen molar-refractivity contribution in [3.05, 3.63) is 0 Å². The molecule has 11 nitrogen and oxygen atoms in total. The second kappa shape index (κ2) is 21.6. The van der Waals surface area contributed by atoms with Crippen LogP contribution in [0.3, 0.4) is 0 Å². The molecule has 0 aromatic heterocycles. The summed E-state index contributed by atoms with van der Waals surface area (Å²) in [6.07, 6.45) is 12.7. The van der Waals surface area contributed by atoms with Gasteiger partial charge in [0.1, 0.15) is 12.7 Å². The second-order valence-corrected chi connectivity index (χ2v) is 10.3. The van der Waals surface area contributed by atoms with Crippen LogP contribution in [0, 0.1) is 0 Å². The van der Waals surface area contributed by atoms with E-state index in [1.165, 1.54) is 51.4 Å². The summed E-state index contributed by atoms with van der Waals surface area (Å²) in [5.74, 6) is -2.47. The first-order valence-electron chi connectivity index (χ1n) is 13.1. The Morgan fingerprint density at radius 1 is 0.806 bits per heavy atom. The lowest BCUT2D eigenvalue weighted by molar-refractivity contribution is -0.146. The number of phosphoric acid groups is 1. The first-order chi connectivity index (χ1) is 17.1. The molecule has 0 fully saturated rings. The van der Waals surface area contributed by atoms with Gasteiger partial charge in [-0.3, -0.25) is 18.6 Å². The zero-order valence-corrected chi connectivity index (χ0v) is 22.7. The first-order valence-corrected chi connectivity index (χ1v) is 14.6. The number of aliphatic hydroxyl groups is 1. The summed E-state index contributed by atoms with van der Waals surface area (Å²) < 4.78 is 25.8. The molecule has 0 rings (SSSR count). The van der Waals surface area contributed by atoms with Crippen molar-refractivity contribution in [3.63, 3.8) is 0 Å². The van der Waals surface area contributed by atoms with E-state index in [1.54, 1.807) is 6.92 Å². The van der Waals surface area contributed by atoms with Crippen LogP contribution in [0.2, 0.25) is 0 Å². The van der Waals surface area contributed by atoms with E-state index in [0.717, 1.165) is 19.3 Å². The van der Waals surface area contributed by atoms with Crippen molar-refractivity contribution in [1.82, 2.24) is 5.32 Å². The maximum Gasteiger partial charge on any atom is 0.472 e. The number of carbonyl (C=O) groups excluding carboxylic acids is 2. The Morgan fingerprint density at radius 3 is 1.81 bits per heavy atom. The quantitative estimate of drug-likeness (QED) is 0.0796. The van der Waals surface area contributed by atoms with E-state index in [0.29, 0.717) is 6.42 Å². The van der Waals surface area contributed by atoms with Gasteiger partial charge in [0, 0.05) is 12.8 Å². The zero-order valence-electron chi connectivity index (χ0n) is 21.8. The molecular formula is C24H46NO10P. The molecule has 0 aromatic carbocycles. The zero-order chi connectivity index (χ0) is 27.2. The maximum atomic E-state index is 12.1. The maximum absolute atomic E-state index is 12.1. The Kier molecular flexibility index (Phi) is 20.6. The summed E-state index contributed by atoms with van der Waals surface area (Å²) in [4.78, 5) is 44.1. The summed E-state index contributed by atoms with van der Waals surface area (Å²) in [5.41, 5.74) is 0. The molecule has 36 heavy (non-hydrogen) atoms. The van der Waals surface area contributed by atoms with Crippen molar-refractivity contribution in [3.8, 4) is 0 Å². The molecule has 212 valence electrons. The van der Waals surface area contributed by atoms with Crippen molar-refractivity contribution in [2.45, 2.75) is 116 Å². The Hall–Kier alpha value is -1.52. The van der Waals surface area contributed by atoms with E-state index in [-0.39, 0.29) is 12.8 Å². The third-order valence-corrected chi connectivity index (χ3v) is 6.40. The number of carboxylic acid groups (broad SMARTS) is 1. The highest BCUT2D eigenvalue weighted by molar-refractivity contribution is 7.47. The minimum Gasteiger partial charge on any atom is -0.480 e. The van der Waals surface area contributed by atoms with Gasteiger partial charge < -0.3 is 25.2 Å². The Morgan fingerprint density at radius 2 is 1.31 bits per heavy atom. The van der Waals surface area contributed by atoms with Crippen LogP contribution in [0.1, 0.15) is 104 Å². The van der Waals surface area contributed by atoms with Crippen molar-refractivity contribution in [1.29, 1.82) is 0 Å². The fourth-order valence-corrected chi connectivity index (χ4v) is 4.07. The molecule has 0 bridgehead atoms. The van der Waals surface area contributed by atoms with Gasteiger partial charge in [-0.05, 0) is 6.42 Å². The SMILES string of the molecule is CCCCCCCCCCCCCCC(=O)NC(COP(=O)(O)OCC(O)COC(=O)CC)C(=O)O. The molecule has 0 aromatic rings. The first kappa shape index (κ1) is 34.5. The predicted octanol–water partition coefficient (Wildman–Crippen LogP) is 4.09. The lowest BCUT2D eigenvalue weighted by Crippen LogP contribution is -2.43. The number of rotatable bonds is 24. The van der Waals surface area contributed by atoms with Gasteiger partial charge in [-0.15, -0.1) is 0 Å². The van der Waals surface area contributed by atoms with Gasteiger partial charge in [-0.1, -0.05) is 84.5 Å². The largest absolute Gasteiger partial charge is 0.480 e. The third kappa shape index (κ3) is 20.7. The van der Waals surface area contributed by atoms with E-state index in [2.05, 4.69) is 26.0 Å². The highest BCUT2D eigenvalue weighted by Crippen LogP contribution is 2.43. The standard InChI is InChI=1S/C24H46NO10P/c1-3-5-6-7-8-9-10-11-12-13-14-15-16-22(27)25-21(24(29)30)19-35-36(31,32)34-18-20(26)17-33-23(28)4-2/h20-21,26H,3-19H2,1-2H3,(H,25,27)(H,29,30)(H,31,32). The van der Waals surface area contributed by atoms with Crippen LogP contribution in [0.25, 0.3) is 0 Å². The van der Waals surface area contributed by atoms with Crippen LogP contribution in [-0.2, 0) is 32.7 Å². The van der Waals surface area contributed by atoms with Gasteiger partial charge in [0.15, 0.2) is 6.04 Å². The Bertz CT molecular complexity index is 661. The molecule has 0 heterocycles. The normalized spacial score (nSPS) is 14.6.